The third-order valence-corrected chi connectivity index (χ3v) is 3.71. The van der Waals surface area contributed by atoms with Crippen molar-refractivity contribution in [3.63, 3.8) is 0 Å². The quantitative estimate of drug-likeness (QED) is 0.754. The van der Waals surface area contributed by atoms with Gasteiger partial charge in [-0.05, 0) is 5.41 Å². The number of morpholine rings is 1. The number of rotatable bonds is 1. The van der Waals surface area contributed by atoms with Crippen LogP contribution in [0.15, 0.2) is 11.1 Å². The molecular formula is C11H21N3OS. The Bertz CT molecular complexity index is 281. The van der Waals surface area contributed by atoms with Crippen molar-refractivity contribution in [2.75, 3.05) is 26.3 Å². The van der Waals surface area contributed by atoms with Crippen molar-refractivity contribution in [3.05, 3.63) is 11.1 Å². The molecule has 5 heteroatoms. The summed E-state index contributed by atoms with van der Waals surface area (Å²) in [6.07, 6.45) is 0. The largest absolute Gasteiger partial charge is 0.379 e. The van der Waals surface area contributed by atoms with Gasteiger partial charge in [0.1, 0.15) is 5.50 Å². The second-order valence-electron chi connectivity index (χ2n) is 5.19. The first-order valence-corrected chi connectivity index (χ1v) is 6.68. The van der Waals surface area contributed by atoms with E-state index in [0.29, 0.717) is 0 Å². The second kappa shape index (κ2) is 4.56. The van der Waals surface area contributed by atoms with Crippen LogP contribution in [0.2, 0.25) is 0 Å². The molecule has 0 spiro atoms. The molecule has 1 saturated heterocycles. The standard InChI is InChI=1S/C11H21N3OS/c1-11(2,3)9-8-16-10(12)14(9)13-4-6-15-7-5-13/h8,10H,4-7,12H2,1-3H3. The van der Waals surface area contributed by atoms with Gasteiger partial charge < -0.3 is 10.5 Å². The predicted molar refractivity (Wildman–Crippen MR) is 67.3 cm³/mol. The minimum atomic E-state index is 0.0207. The Morgan fingerprint density at radius 1 is 1.38 bits per heavy atom. The zero-order valence-electron chi connectivity index (χ0n) is 10.3. The average Bonchev–Trinajstić information content (AvgIpc) is 2.61. The normalized spacial score (nSPS) is 28.4. The van der Waals surface area contributed by atoms with E-state index in [1.807, 2.05) is 0 Å². The van der Waals surface area contributed by atoms with E-state index in [9.17, 15) is 0 Å². The number of hydrogen-bond acceptors (Lipinski definition) is 5. The van der Waals surface area contributed by atoms with Crippen LogP contribution in [0.4, 0.5) is 0 Å². The number of nitrogens with two attached hydrogens (primary N) is 1. The van der Waals surface area contributed by atoms with Crippen LogP contribution in [-0.2, 0) is 4.74 Å². The first kappa shape index (κ1) is 12.2. The SMILES string of the molecule is CC(C)(C)C1=CSC(N)N1N1CCOCC1. The van der Waals surface area contributed by atoms with Crippen LogP contribution in [0, 0.1) is 5.41 Å². The van der Waals surface area contributed by atoms with Gasteiger partial charge in [-0.3, -0.25) is 5.01 Å². The smallest absolute Gasteiger partial charge is 0.144 e. The molecule has 2 aliphatic heterocycles. The van der Waals surface area contributed by atoms with E-state index < -0.39 is 0 Å². The Hall–Kier alpha value is -0.230. The average molecular weight is 243 g/mol. The van der Waals surface area contributed by atoms with Gasteiger partial charge in [0, 0.05) is 24.2 Å². The summed E-state index contributed by atoms with van der Waals surface area (Å²) in [6.45, 7) is 10.1. The summed E-state index contributed by atoms with van der Waals surface area (Å²) in [6, 6.07) is 0. The molecule has 1 atom stereocenters. The number of ether oxygens (including phenoxy) is 1. The first-order valence-electron chi connectivity index (χ1n) is 5.74. The fourth-order valence-electron chi connectivity index (χ4n) is 1.99. The van der Waals surface area contributed by atoms with Crippen molar-refractivity contribution >= 4 is 11.8 Å². The van der Waals surface area contributed by atoms with Gasteiger partial charge in [0.15, 0.2) is 0 Å². The Balaban J connectivity index is 2.13. The predicted octanol–water partition coefficient (Wildman–Crippen LogP) is 1.41. The van der Waals surface area contributed by atoms with Gasteiger partial charge in [-0.2, -0.15) is 0 Å². The highest BCUT2D eigenvalue weighted by molar-refractivity contribution is 8.02. The molecule has 2 aliphatic rings. The van der Waals surface area contributed by atoms with Crippen LogP contribution in [0.5, 0.6) is 0 Å². The molecule has 2 N–H and O–H groups in total. The molecule has 0 aromatic carbocycles. The molecule has 2 rings (SSSR count). The van der Waals surface area contributed by atoms with E-state index in [-0.39, 0.29) is 10.9 Å². The van der Waals surface area contributed by atoms with Gasteiger partial charge in [0.2, 0.25) is 0 Å². The van der Waals surface area contributed by atoms with Crippen molar-refractivity contribution in [2.24, 2.45) is 11.1 Å². The van der Waals surface area contributed by atoms with Crippen LogP contribution in [0.1, 0.15) is 20.8 Å². The van der Waals surface area contributed by atoms with E-state index in [1.54, 1.807) is 11.8 Å². The maximum Gasteiger partial charge on any atom is 0.144 e. The lowest BCUT2D eigenvalue weighted by molar-refractivity contribution is -0.0818. The van der Waals surface area contributed by atoms with Crippen molar-refractivity contribution < 1.29 is 4.74 Å². The molecule has 1 fully saturated rings. The molecule has 2 heterocycles. The van der Waals surface area contributed by atoms with Crippen molar-refractivity contribution in [1.82, 2.24) is 10.0 Å². The molecule has 0 amide bonds. The molecule has 1 unspecified atom stereocenters. The Labute approximate surface area is 102 Å². The lowest BCUT2D eigenvalue weighted by atomic mass is 9.92. The zero-order valence-corrected chi connectivity index (χ0v) is 11.1. The van der Waals surface area contributed by atoms with Gasteiger partial charge >= 0.3 is 0 Å². The van der Waals surface area contributed by atoms with Crippen LogP contribution >= 0.6 is 11.8 Å². The summed E-state index contributed by atoms with van der Waals surface area (Å²) >= 11 is 1.69. The van der Waals surface area contributed by atoms with Gasteiger partial charge in [-0.25, -0.2) is 5.01 Å². The van der Waals surface area contributed by atoms with Gasteiger partial charge in [0.25, 0.3) is 0 Å². The highest BCUT2D eigenvalue weighted by Gasteiger charge is 2.35. The third kappa shape index (κ3) is 2.37. The van der Waals surface area contributed by atoms with E-state index in [4.69, 9.17) is 10.5 Å². The molecule has 0 aromatic heterocycles. The minimum Gasteiger partial charge on any atom is -0.379 e. The number of allylic oxidation sites excluding steroid dienone is 1. The maximum atomic E-state index is 6.15. The Kier molecular flexibility index (Phi) is 3.49. The van der Waals surface area contributed by atoms with Crippen molar-refractivity contribution in [1.29, 1.82) is 0 Å². The second-order valence-corrected chi connectivity index (χ2v) is 6.18. The van der Waals surface area contributed by atoms with Crippen LogP contribution in [-0.4, -0.2) is 41.8 Å². The van der Waals surface area contributed by atoms with E-state index >= 15 is 0 Å². The molecule has 92 valence electrons. The molecule has 4 nitrogen and oxygen atoms in total. The third-order valence-electron chi connectivity index (χ3n) is 2.87. The summed E-state index contributed by atoms with van der Waals surface area (Å²) in [5.41, 5.74) is 7.62. The van der Waals surface area contributed by atoms with E-state index in [2.05, 4.69) is 36.2 Å². The molecule has 0 aliphatic carbocycles. The summed E-state index contributed by atoms with van der Waals surface area (Å²) in [4.78, 5) is 0. The number of hydrazine groups is 1. The van der Waals surface area contributed by atoms with E-state index in [0.717, 1.165) is 26.3 Å². The summed E-state index contributed by atoms with van der Waals surface area (Å²) in [5, 5.41) is 6.75. The van der Waals surface area contributed by atoms with Crippen LogP contribution < -0.4 is 5.73 Å². The molecule has 0 aromatic rings. The summed E-state index contributed by atoms with van der Waals surface area (Å²) in [7, 11) is 0. The van der Waals surface area contributed by atoms with Gasteiger partial charge in [-0.15, -0.1) is 0 Å². The zero-order chi connectivity index (χ0) is 11.8. The molecular weight excluding hydrogens is 222 g/mol. The molecule has 0 bridgehead atoms. The highest BCUT2D eigenvalue weighted by Crippen LogP contribution is 2.39. The first-order chi connectivity index (χ1) is 7.50. The van der Waals surface area contributed by atoms with Crippen molar-refractivity contribution in [2.45, 2.75) is 26.3 Å². The lowest BCUT2D eigenvalue weighted by Crippen LogP contribution is -2.54. The van der Waals surface area contributed by atoms with E-state index in [1.165, 1.54) is 5.70 Å². The molecule has 0 saturated carbocycles. The summed E-state index contributed by atoms with van der Waals surface area (Å²) < 4.78 is 5.38. The Morgan fingerprint density at radius 2 is 2.00 bits per heavy atom. The van der Waals surface area contributed by atoms with Gasteiger partial charge in [0.05, 0.1) is 13.2 Å². The van der Waals surface area contributed by atoms with Gasteiger partial charge in [-0.1, -0.05) is 32.5 Å². The number of thioether (sulfide) groups is 1. The fraction of sp³-hybridized carbons (Fsp3) is 0.818. The topological polar surface area (TPSA) is 41.7 Å². The molecule has 16 heavy (non-hydrogen) atoms. The number of hydrogen-bond donors (Lipinski definition) is 1. The highest BCUT2D eigenvalue weighted by atomic mass is 32.2. The monoisotopic (exact) mass is 243 g/mol. The van der Waals surface area contributed by atoms with Crippen molar-refractivity contribution in [3.8, 4) is 0 Å². The molecule has 0 radical (unpaired) electrons. The number of nitrogens with zero attached hydrogens (tertiary/aromatic N) is 2. The lowest BCUT2D eigenvalue weighted by Gasteiger charge is -2.43. The maximum absolute atomic E-state index is 6.15. The van der Waals surface area contributed by atoms with Crippen LogP contribution in [0.25, 0.3) is 0 Å². The summed E-state index contributed by atoms with van der Waals surface area (Å²) in [5.74, 6) is 0. The van der Waals surface area contributed by atoms with Crippen LogP contribution in [0.3, 0.4) is 0 Å². The fourth-order valence-corrected chi connectivity index (χ4v) is 3.08. The Morgan fingerprint density at radius 3 is 2.56 bits per heavy atom. The minimum absolute atomic E-state index is 0.0207.